The van der Waals surface area contributed by atoms with Crippen LogP contribution in [0.25, 0.3) is 22.4 Å². The molecular formula is C25H23N7O2. The maximum absolute atomic E-state index is 13.2. The van der Waals surface area contributed by atoms with Gasteiger partial charge in [0, 0.05) is 37.0 Å². The van der Waals surface area contributed by atoms with Crippen molar-refractivity contribution in [2.45, 2.75) is 25.4 Å². The second-order valence-corrected chi connectivity index (χ2v) is 8.44. The normalized spacial score (nSPS) is 14.6. The van der Waals surface area contributed by atoms with Gasteiger partial charge in [0.15, 0.2) is 17.8 Å². The van der Waals surface area contributed by atoms with E-state index in [2.05, 4.69) is 24.8 Å². The Balaban J connectivity index is 1.15. The first-order valence-corrected chi connectivity index (χ1v) is 11.4. The smallest absolute Gasteiger partial charge is 0.276 e. The zero-order valence-corrected chi connectivity index (χ0v) is 18.5. The fourth-order valence-electron chi connectivity index (χ4n) is 4.65. The topological polar surface area (TPSA) is 94.9 Å². The van der Waals surface area contributed by atoms with Crippen LogP contribution in [0.1, 0.15) is 35.1 Å². The Bertz CT molecular complexity index is 1430. The first-order valence-electron chi connectivity index (χ1n) is 11.4. The van der Waals surface area contributed by atoms with Crippen LogP contribution in [0, 0.1) is 0 Å². The summed E-state index contributed by atoms with van der Waals surface area (Å²) in [5.41, 5.74) is 3.08. The third-order valence-electron chi connectivity index (χ3n) is 6.41. The summed E-state index contributed by atoms with van der Waals surface area (Å²) >= 11 is 0. The first kappa shape index (κ1) is 20.3. The molecule has 5 aromatic rings. The largest absolute Gasteiger partial charge is 0.443 e. The molecule has 170 valence electrons. The third kappa shape index (κ3) is 3.64. The van der Waals surface area contributed by atoms with E-state index in [0.29, 0.717) is 31.2 Å². The van der Waals surface area contributed by atoms with Crippen molar-refractivity contribution in [2.24, 2.45) is 0 Å². The van der Waals surface area contributed by atoms with E-state index in [9.17, 15) is 4.79 Å². The Kier molecular flexibility index (Phi) is 5.14. The molecule has 0 saturated carbocycles. The lowest BCUT2D eigenvalue weighted by Crippen LogP contribution is -2.38. The molecule has 1 amide bonds. The maximum Gasteiger partial charge on any atom is 0.276 e. The molecule has 0 radical (unpaired) electrons. The fraction of sp³-hybridized carbons (Fsp3) is 0.240. The second-order valence-electron chi connectivity index (χ2n) is 8.44. The van der Waals surface area contributed by atoms with Crippen molar-refractivity contribution in [3.8, 4) is 11.3 Å². The Labute approximate surface area is 195 Å². The summed E-state index contributed by atoms with van der Waals surface area (Å²) < 4.78 is 9.56. The van der Waals surface area contributed by atoms with E-state index in [4.69, 9.17) is 4.42 Å². The molecule has 0 unspecified atom stereocenters. The van der Waals surface area contributed by atoms with Crippen molar-refractivity contribution in [1.29, 1.82) is 0 Å². The Morgan fingerprint density at radius 3 is 2.65 bits per heavy atom. The number of carbonyl (C=O) groups excluding carboxylic acids is 1. The summed E-state index contributed by atoms with van der Waals surface area (Å²) in [6.07, 6.45) is 6.81. The van der Waals surface area contributed by atoms with Gasteiger partial charge in [-0.15, -0.1) is 5.10 Å². The van der Waals surface area contributed by atoms with Gasteiger partial charge >= 0.3 is 0 Å². The number of rotatable bonds is 5. The summed E-state index contributed by atoms with van der Waals surface area (Å²) in [4.78, 5) is 23.9. The molecule has 4 heterocycles. The number of benzene rings is 2. The molecule has 3 aromatic heterocycles. The lowest BCUT2D eigenvalue weighted by atomic mass is 9.95. The number of aromatic nitrogens is 6. The molecule has 6 rings (SSSR count). The molecule has 2 aromatic carbocycles. The quantitative estimate of drug-likeness (QED) is 0.402. The highest BCUT2D eigenvalue weighted by molar-refractivity contribution is 5.97. The third-order valence-corrected chi connectivity index (χ3v) is 6.41. The number of likely N-dealkylation sites (tertiary alicyclic amines) is 1. The predicted octanol–water partition coefficient (Wildman–Crippen LogP) is 3.81. The van der Waals surface area contributed by atoms with Gasteiger partial charge in [0.25, 0.3) is 5.91 Å². The molecule has 0 bridgehead atoms. The molecular weight excluding hydrogens is 430 g/mol. The highest BCUT2D eigenvalue weighted by Crippen LogP contribution is 2.30. The van der Waals surface area contributed by atoms with E-state index >= 15 is 0 Å². The first-order chi connectivity index (χ1) is 16.8. The Morgan fingerprint density at radius 1 is 1.00 bits per heavy atom. The SMILES string of the molecule is O=C(c1ncoc1-c1ccccc1)N1CCC(c2nccn2Cn2nnc3ccccc32)CC1. The molecule has 1 aliphatic rings. The van der Waals surface area contributed by atoms with Crippen molar-refractivity contribution in [3.05, 3.63) is 84.9 Å². The van der Waals surface area contributed by atoms with Gasteiger partial charge in [0.05, 0.1) is 5.52 Å². The van der Waals surface area contributed by atoms with Crippen LogP contribution in [0.3, 0.4) is 0 Å². The monoisotopic (exact) mass is 453 g/mol. The second kappa shape index (κ2) is 8.58. The van der Waals surface area contributed by atoms with E-state index in [1.165, 1.54) is 6.39 Å². The molecule has 0 spiro atoms. The maximum atomic E-state index is 13.2. The van der Waals surface area contributed by atoms with Crippen LogP contribution in [0.5, 0.6) is 0 Å². The molecule has 9 nitrogen and oxygen atoms in total. The predicted molar refractivity (Wildman–Crippen MR) is 125 cm³/mol. The van der Waals surface area contributed by atoms with Gasteiger partial charge in [0.2, 0.25) is 0 Å². The van der Waals surface area contributed by atoms with E-state index in [1.54, 1.807) is 0 Å². The van der Waals surface area contributed by atoms with Crippen molar-refractivity contribution >= 4 is 16.9 Å². The lowest BCUT2D eigenvalue weighted by molar-refractivity contribution is 0.0705. The summed E-state index contributed by atoms with van der Waals surface area (Å²) in [5, 5.41) is 8.55. The molecule has 0 atom stereocenters. The van der Waals surface area contributed by atoms with Crippen molar-refractivity contribution in [2.75, 3.05) is 13.1 Å². The van der Waals surface area contributed by atoms with Gasteiger partial charge in [0.1, 0.15) is 18.0 Å². The summed E-state index contributed by atoms with van der Waals surface area (Å²) in [6, 6.07) is 17.5. The summed E-state index contributed by atoms with van der Waals surface area (Å²) in [7, 11) is 0. The number of para-hydroxylation sites is 1. The zero-order valence-electron chi connectivity index (χ0n) is 18.5. The van der Waals surface area contributed by atoms with Crippen LogP contribution in [0.15, 0.2) is 77.8 Å². The Hall–Kier alpha value is -4.27. The minimum absolute atomic E-state index is 0.0940. The number of oxazole rings is 1. The zero-order chi connectivity index (χ0) is 22.9. The number of hydrogen-bond acceptors (Lipinski definition) is 6. The molecule has 9 heteroatoms. The van der Waals surface area contributed by atoms with Gasteiger partial charge in [-0.25, -0.2) is 14.6 Å². The summed E-state index contributed by atoms with van der Waals surface area (Å²) in [6.45, 7) is 1.84. The highest BCUT2D eigenvalue weighted by atomic mass is 16.3. The molecule has 1 fully saturated rings. The standard InChI is InChI=1S/C25H23N7O2/c33-25(22-23(34-16-27-22)18-6-2-1-3-7-18)30-13-10-19(11-14-30)24-26-12-15-31(24)17-32-21-9-5-4-8-20(21)28-29-32/h1-9,12,15-16,19H,10-11,13-14,17H2. The van der Waals surface area contributed by atoms with Gasteiger partial charge in [-0.05, 0) is 25.0 Å². The van der Waals surface area contributed by atoms with Crippen LogP contribution in [-0.2, 0) is 6.67 Å². The number of amides is 1. The van der Waals surface area contributed by atoms with Crippen LogP contribution in [-0.4, -0.2) is 53.4 Å². The molecule has 1 aliphatic heterocycles. The van der Waals surface area contributed by atoms with Gasteiger partial charge in [-0.1, -0.05) is 47.7 Å². The Morgan fingerprint density at radius 2 is 1.79 bits per heavy atom. The van der Waals surface area contributed by atoms with Gasteiger partial charge in [-0.3, -0.25) is 4.79 Å². The van der Waals surface area contributed by atoms with Crippen LogP contribution in [0.4, 0.5) is 0 Å². The van der Waals surface area contributed by atoms with E-state index < -0.39 is 0 Å². The van der Waals surface area contributed by atoms with E-state index in [-0.39, 0.29) is 11.8 Å². The number of fused-ring (bicyclic) bond motifs is 1. The molecule has 1 saturated heterocycles. The minimum Gasteiger partial charge on any atom is -0.443 e. The van der Waals surface area contributed by atoms with E-state index in [1.807, 2.05) is 76.6 Å². The molecule has 34 heavy (non-hydrogen) atoms. The number of carbonyl (C=O) groups is 1. The van der Waals surface area contributed by atoms with Crippen molar-refractivity contribution < 1.29 is 9.21 Å². The lowest BCUT2D eigenvalue weighted by Gasteiger charge is -2.31. The van der Waals surface area contributed by atoms with Gasteiger partial charge in [-0.2, -0.15) is 0 Å². The summed E-state index contributed by atoms with van der Waals surface area (Å²) in [5.74, 6) is 1.70. The van der Waals surface area contributed by atoms with Crippen LogP contribution in [0.2, 0.25) is 0 Å². The van der Waals surface area contributed by atoms with Gasteiger partial charge < -0.3 is 13.9 Å². The van der Waals surface area contributed by atoms with Crippen LogP contribution < -0.4 is 0 Å². The number of imidazole rings is 1. The van der Waals surface area contributed by atoms with Crippen LogP contribution >= 0.6 is 0 Å². The minimum atomic E-state index is -0.0940. The fourth-order valence-corrected chi connectivity index (χ4v) is 4.65. The van der Waals surface area contributed by atoms with Crippen molar-refractivity contribution in [3.63, 3.8) is 0 Å². The number of hydrogen-bond donors (Lipinski definition) is 0. The van der Waals surface area contributed by atoms with Crippen molar-refractivity contribution in [1.82, 2.24) is 34.4 Å². The average molecular weight is 454 g/mol. The average Bonchev–Trinajstić information content (AvgIpc) is 3.65. The molecule has 0 N–H and O–H groups in total. The number of piperidine rings is 1. The number of nitrogens with zero attached hydrogens (tertiary/aromatic N) is 7. The van der Waals surface area contributed by atoms with E-state index in [0.717, 1.165) is 35.3 Å². The highest BCUT2D eigenvalue weighted by Gasteiger charge is 2.30. The molecule has 0 aliphatic carbocycles.